The van der Waals surface area contributed by atoms with Crippen LogP contribution in [-0.4, -0.2) is 4.57 Å². The fourth-order valence-electron chi connectivity index (χ4n) is 11.2. The number of hydrogen-bond acceptors (Lipinski definition) is 1. The van der Waals surface area contributed by atoms with Crippen molar-refractivity contribution in [2.24, 2.45) is 0 Å². The van der Waals surface area contributed by atoms with E-state index in [1.807, 2.05) is 0 Å². The minimum Gasteiger partial charge on any atom is -0.310 e. The van der Waals surface area contributed by atoms with E-state index in [2.05, 4.69) is 290 Å². The molecule has 2 nitrogen and oxygen atoms in total. The van der Waals surface area contributed by atoms with E-state index < -0.39 is 0 Å². The summed E-state index contributed by atoms with van der Waals surface area (Å²) in [6.07, 6.45) is 0. The lowest BCUT2D eigenvalue weighted by Crippen LogP contribution is -2.14. The first-order valence-electron chi connectivity index (χ1n) is 24.7. The van der Waals surface area contributed by atoms with Crippen LogP contribution in [0.4, 0.5) is 17.1 Å². The zero-order valence-corrected chi connectivity index (χ0v) is 39.8. The molecule has 0 radical (unpaired) electrons. The van der Waals surface area contributed by atoms with Crippen LogP contribution in [0.1, 0.15) is 25.0 Å². The molecule has 0 fully saturated rings. The highest BCUT2D eigenvalue weighted by atomic mass is 15.1. The highest BCUT2D eigenvalue weighted by Crippen LogP contribution is 2.50. The van der Waals surface area contributed by atoms with Gasteiger partial charge in [0.25, 0.3) is 0 Å². The molecule has 0 unspecified atom stereocenters. The SMILES string of the molecule is CC1(C)c2ccccc2-c2cc(-n3c4cc(-c5ccccc5)ccc4c4ccc(-c5cccc(-c6ccc(N(c7cccc(-c8ccccc8)c7)c7cccc(-c8ccccc8)c7)cc6)c5)cc43)ccc21. The van der Waals surface area contributed by atoms with Crippen LogP contribution >= 0.6 is 0 Å². The van der Waals surface area contributed by atoms with Crippen molar-refractivity contribution in [3.05, 3.63) is 278 Å². The lowest BCUT2D eigenvalue weighted by molar-refractivity contribution is 0.660. The Bertz CT molecular complexity index is 3860. The van der Waals surface area contributed by atoms with Crippen molar-refractivity contribution < 1.29 is 0 Å². The van der Waals surface area contributed by atoms with Gasteiger partial charge in [0.15, 0.2) is 0 Å². The molecular formula is C69H50N2. The minimum atomic E-state index is -0.0629. The smallest absolute Gasteiger partial charge is 0.0547 e. The summed E-state index contributed by atoms with van der Waals surface area (Å²) in [5.41, 5.74) is 24.0. The van der Waals surface area contributed by atoms with Crippen molar-refractivity contribution in [2.75, 3.05) is 4.90 Å². The number of anilines is 3. The van der Waals surface area contributed by atoms with Gasteiger partial charge < -0.3 is 9.47 Å². The second-order valence-corrected chi connectivity index (χ2v) is 19.4. The van der Waals surface area contributed by atoms with Gasteiger partial charge in [-0.1, -0.05) is 214 Å². The van der Waals surface area contributed by atoms with Crippen LogP contribution in [-0.2, 0) is 5.41 Å². The Morgan fingerprint density at radius 3 is 1.25 bits per heavy atom. The maximum absolute atomic E-state index is 2.49. The zero-order valence-electron chi connectivity index (χ0n) is 39.8. The summed E-state index contributed by atoms with van der Waals surface area (Å²) in [6.45, 7) is 4.71. The lowest BCUT2D eigenvalue weighted by atomic mass is 9.82. The molecule has 0 N–H and O–H groups in total. The van der Waals surface area contributed by atoms with E-state index >= 15 is 0 Å². The van der Waals surface area contributed by atoms with E-state index in [9.17, 15) is 0 Å². The molecule has 0 amide bonds. The van der Waals surface area contributed by atoms with Gasteiger partial charge in [-0.05, 0) is 145 Å². The average Bonchev–Trinajstić information content (AvgIpc) is 3.88. The highest BCUT2D eigenvalue weighted by molar-refractivity contribution is 6.11. The van der Waals surface area contributed by atoms with Gasteiger partial charge in [0.2, 0.25) is 0 Å². The highest BCUT2D eigenvalue weighted by Gasteiger charge is 2.35. The first-order chi connectivity index (χ1) is 34.9. The van der Waals surface area contributed by atoms with Crippen molar-refractivity contribution in [3.63, 3.8) is 0 Å². The summed E-state index contributed by atoms with van der Waals surface area (Å²) in [5.74, 6) is 0. The van der Waals surface area contributed by atoms with Gasteiger partial charge in [-0.25, -0.2) is 0 Å². The minimum absolute atomic E-state index is 0.0629. The molecule has 0 atom stereocenters. The van der Waals surface area contributed by atoms with Gasteiger partial charge in [0.1, 0.15) is 0 Å². The van der Waals surface area contributed by atoms with Gasteiger partial charge in [0, 0.05) is 38.9 Å². The molecule has 0 aliphatic heterocycles. The van der Waals surface area contributed by atoms with Crippen LogP contribution in [0.15, 0.2) is 267 Å². The normalized spacial score (nSPS) is 12.5. The Morgan fingerprint density at radius 1 is 0.282 bits per heavy atom. The molecule has 71 heavy (non-hydrogen) atoms. The molecule has 2 heteroatoms. The summed E-state index contributed by atoms with van der Waals surface area (Å²) < 4.78 is 2.49. The number of aromatic nitrogens is 1. The summed E-state index contributed by atoms with van der Waals surface area (Å²) >= 11 is 0. The number of benzene rings is 11. The van der Waals surface area contributed by atoms with E-state index in [0.29, 0.717) is 0 Å². The first-order valence-corrected chi connectivity index (χ1v) is 24.7. The molecule has 0 spiro atoms. The number of fused-ring (bicyclic) bond motifs is 6. The second kappa shape index (κ2) is 17.2. The molecule has 12 aromatic rings. The van der Waals surface area contributed by atoms with Gasteiger partial charge in [-0.15, -0.1) is 0 Å². The van der Waals surface area contributed by atoms with E-state index in [-0.39, 0.29) is 5.41 Å². The Balaban J connectivity index is 0.900. The molecule has 0 saturated heterocycles. The third-order valence-corrected chi connectivity index (χ3v) is 14.8. The Hall–Kier alpha value is -8.98. The number of rotatable bonds is 9. The monoisotopic (exact) mass is 906 g/mol. The fourth-order valence-corrected chi connectivity index (χ4v) is 11.2. The van der Waals surface area contributed by atoms with Gasteiger partial charge in [-0.3, -0.25) is 0 Å². The van der Waals surface area contributed by atoms with Gasteiger partial charge in [0.05, 0.1) is 11.0 Å². The average molecular weight is 907 g/mol. The fraction of sp³-hybridized carbons (Fsp3) is 0.0435. The Labute approximate surface area is 416 Å². The summed E-state index contributed by atoms with van der Waals surface area (Å²) in [5, 5.41) is 2.48. The summed E-state index contributed by atoms with van der Waals surface area (Å²) in [6, 6.07) is 97.8. The summed E-state index contributed by atoms with van der Waals surface area (Å²) in [4.78, 5) is 2.37. The molecule has 1 aliphatic carbocycles. The molecule has 336 valence electrons. The van der Waals surface area contributed by atoms with Crippen LogP contribution in [0.3, 0.4) is 0 Å². The topological polar surface area (TPSA) is 8.17 Å². The standard InChI is InChI=1S/C69H50N2/c1-69(2)65-30-13-12-29-61(65)64-46-60(37-40-66(64)69)71-67-44-55(49-21-10-5-11-22-49)33-38-62(67)63-39-34-56(45-68(63)71)52-24-14-23-51(41-52)50-31-35-57(36-32-50)70(58-27-15-25-53(42-58)47-17-6-3-7-18-47)59-28-16-26-54(43-59)48-19-8-4-9-20-48/h3-46H,1-2H3. The lowest BCUT2D eigenvalue weighted by Gasteiger charge is -2.27. The van der Waals surface area contributed by atoms with Crippen LogP contribution in [0, 0.1) is 0 Å². The van der Waals surface area contributed by atoms with Crippen LogP contribution in [0.2, 0.25) is 0 Å². The quantitative estimate of drug-likeness (QED) is 0.140. The molecular weight excluding hydrogens is 857 g/mol. The zero-order chi connectivity index (χ0) is 47.5. The maximum atomic E-state index is 2.49. The van der Waals surface area contributed by atoms with Crippen molar-refractivity contribution >= 4 is 38.9 Å². The van der Waals surface area contributed by atoms with E-state index in [0.717, 1.165) is 22.6 Å². The van der Waals surface area contributed by atoms with Crippen molar-refractivity contribution in [2.45, 2.75) is 19.3 Å². The van der Waals surface area contributed by atoms with Crippen LogP contribution in [0.25, 0.3) is 94.3 Å². The molecule has 0 saturated carbocycles. The first kappa shape index (κ1) is 42.1. The van der Waals surface area contributed by atoms with Crippen molar-refractivity contribution in [3.8, 4) is 72.4 Å². The predicted molar refractivity (Wildman–Crippen MR) is 300 cm³/mol. The maximum Gasteiger partial charge on any atom is 0.0547 e. The second-order valence-electron chi connectivity index (χ2n) is 19.4. The molecule has 1 heterocycles. The van der Waals surface area contributed by atoms with Crippen molar-refractivity contribution in [1.29, 1.82) is 0 Å². The van der Waals surface area contributed by atoms with E-state index in [4.69, 9.17) is 0 Å². The molecule has 1 aromatic heterocycles. The van der Waals surface area contributed by atoms with Crippen molar-refractivity contribution in [1.82, 2.24) is 4.57 Å². The summed E-state index contributed by atoms with van der Waals surface area (Å²) in [7, 11) is 0. The van der Waals surface area contributed by atoms with Crippen LogP contribution in [0.5, 0.6) is 0 Å². The number of hydrogen-bond donors (Lipinski definition) is 0. The Kier molecular flexibility index (Phi) is 10.2. The third kappa shape index (κ3) is 7.44. The third-order valence-electron chi connectivity index (χ3n) is 14.8. The predicted octanol–water partition coefficient (Wildman–Crippen LogP) is 18.9. The molecule has 0 bridgehead atoms. The van der Waals surface area contributed by atoms with Gasteiger partial charge in [-0.2, -0.15) is 0 Å². The van der Waals surface area contributed by atoms with E-state index in [1.54, 1.807) is 0 Å². The Morgan fingerprint density at radius 2 is 0.690 bits per heavy atom. The molecule has 13 rings (SSSR count). The molecule has 11 aromatic carbocycles. The number of nitrogens with zero attached hydrogens (tertiary/aromatic N) is 2. The largest absolute Gasteiger partial charge is 0.310 e. The molecule has 1 aliphatic rings. The van der Waals surface area contributed by atoms with E-state index in [1.165, 1.54) is 99.8 Å². The van der Waals surface area contributed by atoms with Gasteiger partial charge >= 0.3 is 0 Å². The van der Waals surface area contributed by atoms with Crippen LogP contribution < -0.4 is 4.90 Å².